The van der Waals surface area contributed by atoms with Gasteiger partial charge in [-0.2, -0.15) is 0 Å². The Hall–Kier alpha value is -0.240. The van der Waals surface area contributed by atoms with Crippen LogP contribution in [0.1, 0.15) is 248 Å². The Labute approximate surface area is 480 Å². The van der Waals surface area contributed by atoms with Crippen LogP contribution in [0.25, 0.3) is 0 Å². The number of piperidine rings is 2. The van der Waals surface area contributed by atoms with Crippen LogP contribution in [0, 0.1) is 118 Å². The molecule has 11 aliphatic carbocycles. The number of ether oxygens (including phenoxy) is 4. The summed E-state index contributed by atoms with van der Waals surface area (Å²) in [5.74, 6) is 14.6. The largest absolute Gasteiger partial charge is 0.375 e. The van der Waals surface area contributed by atoms with Crippen molar-refractivity contribution in [3.05, 3.63) is 0 Å². The molecule has 13 aliphatic rings. The molecule has 0 N–H and O–H groups in total. The zero-order valence-electron chi connectivity index (χ0n) is 51.9. The lowest BCUT2D eigenvalue weighted by molar-refractivity contribution is -0.312. The molecule has 444 valence electrons. The van der Waals surface area contributed by atoms with E-state index in [-0.39, 0.29) is 0 Å². The van der Waals surface area contributed by atoms with E-state index in [1.165, 1.54) is 219 Å². The summed E-state index contributed by atoms with van der Waals surface area (Å²) in [6.07, 6.45) is 43.9. The minimum atomic E-state index is 0.353. The number of nitrogens with zero attached hydrogens (tertiary/aromatic N) is 2. The van der Waals surface area contributed by atoms with E-state index in [0.717, 1.165) is 94.9 Å². The molecule has 0 aromatic rings. The molecular weight excluding hydrogens is 957 g/mol. The van der Waals surface area contributed by atoms with Gasteiger partial charge in [-0.25, -0.2) is 0 Å². The second-order valence-electron chi connectivity index (χ2n) is 32.8. The third-order valence-electron chi connectivity index (χ3n) is 27.5. The molecule has 0 spiro atoms. The van der Waals surface area contributed by atoms with E-state index in [4.69, 9.17) is 18.9 Å². The zero-order valence-corrected chi connectivity index (χ0v) is 51.9. The number of fused-ring (bicyclic) bond motifs is 2. The summed E-state index contributed by atoms with van der Waals surface area (Å²) < 4.78 is 32.8. The van der Waals surface area contributed by atoms with Gasteiger partial charge < -0.3 is 18.9 Å². The summed E-state index contributed by atoms with van der Waals surface area (Å²) in [6, 6.07) is 1.46. The smallest absolute Gasteiger partial charge is 0.0616 e. The summed E-state index contributed by atoms with van der Waals surface area (Å²) in [5.41, 5.74) is 0. The van der Waals surface area contributed by atoms with Gasteiger partial charge in [0.15, 0.2) is 0 Å². The molecule has 6 nitrogen and oxygen atoms in total. The van der Waals surface area contributed by atoms with E-state index < -0.39 is 0 Å². The molecule has 13 fully saturated rings. The van der Waals surface area contributed by atoms with E-state index in [0.29, 0.717) is 84.3 Å². The summed E-state index contributed by atoms with van der Waals surface area (Å²) in [5, 5.41) is 0. The first-order chi connectivity index (χ1) is 37.9. The van der Waals surface area contributed by atoms with Crippen LogP contribution >= 0.6 is 0 Å². The molecule has 18 unspecified atom stereocenters. The number of hydrogen-bond acceptors (Lipinski definition) is 6. The Kier molecular flexibility index (Phi) is 18.0. The van der Waals surface area contributed by atoms with Gasteiger partial charge in [0.2, 0.25) is 0 Å². The minimum Gasteiger partial charge on any atom is -0.375 e. The molecule has 0 radical (unpaired) electrons. The first-order valence-electron chi connectivity index (χ1n) is 36.1. The van der Waals surface area contributed by atoms with Crippen LogP contribution in [0.5, 0.6) is 0 Å². The van der Waals surface area contributed by atoms with Gasteiger partial charge in [-0.15, -0.1) is 0 Å². The highest BCUT2D eigenvalue weighted by molar-refractivity contribution is 5.20. The van der Waals surface area contributed by atoms with E-state index in [2.05, 4.69) is 65.2 Å². The molecule has 2 heterocycles. The third-order valence-corrected chi connectivity index (χ3v) is 27.5. The predicted molar refractivity (Wildman–Crippen MR) is 319 cm³/mol. The van der Waals surface area contributed by atoms with Crippen LogP contribution in [0.4, 0.5) is 0 Å². The summed E-state index contributed by atoms with van der Waals surface area (Å²) >= 11 is 0. The van der Waals surface area contributed by atoms with Gasteiger partial charge in [0.05, 0.1) is 48.8 Å². The SMILES string of the molecule is CC(C)C1CCC(C(C)C)C(N2CC3CC(OC4CCCCC4)C4C5C(OC6CCCCC6)CC6CN(C7CC(C(C)C)CCC7C(C)C)CC7CC(OC8CCCCC8)C(C8C(OC9CCCCC9)CC(C2)C3C48)C5C67)C1. The molecule has 13 rings (SSSR count). The number of hydrogen-bond donors (Lipinski definition) is 0. The standard InChI is InChI=1S/C72H122N2O4/c1-43(2)47-29-31-57(45(5)6)59(33-47)73-39-49-35-61(75-53-21-13-9-14-22-53)67-69-63(77-55-25-17-11-18-26-55)37-51-41-74(60-34-48(44(3)4)30-32-58(60)46(7)8)42-52-38-64(78-56-27-19-12-20-28-56)70(72(69)66(51)52)68-62(76-54-23-15-10-16-24-54)36-50(40-73)65(49)71(67)68/h43-72H,9-42H2,1-8H3. The highest BCUT2D eigenvalue weighted by atomic mass is 16.5. The fourth-order valence-electron chi connectivity index (χ4n) is 24.1. The van der Waals surface area contributed by atoms with Gasteiger partial charge in [-0.05, 0) is 234 Å². The van der Waals surface area contributed by atoms with Crippen molar-refractivity contribution >= 4 is 0 Å². The number of rotatable bonds is 14. The van der Waals surface area contributed by atoms with Gasteiger partial charge in [0, 0.05) is 38.3 Å². The Morgan fingerprint density at radius 2 is 0.538 bits per heavy atom. The van der Waals surface area contributed by atoms with Gasteiger partial charge in [0.1, 0.15) is 0 Å². The van der Waals surface area contributed by atoms with Crippen LogP contribution in [-0.2, 0) is 18.9 Å². The first kappa shape index (κ1) is 56.9. The molecular formula is C72H122N2O4. The van der Waals surface area contributed by atoms with Gasteiger partial charge in [-0.3, -0.25) is 9.80 Å². The summed E-state index contributed by atoms with van der Waals surface area (Å²) in [7, 11) is 0. The Bertz CT molecular complexity index is 1670. The normalized spacial score (nSPS) is 47.4. The molecule has 11 saturated carbocycles. The van der Waals surface area contributed by atoms with Crippen LogP contribution in [0.15, 0.2) is 0 Å². The summed E-state index contributed by atoms with van der Waals surface area (Å²) in [4.78, 5) is 6.45. The van der Waals surface area contributed by atoms with Crippen LogP contribution in [-0.4, -0.2) is 96.9 Å². The summed E-state index contributed by atoms with van der Waals surface area (Å²) in [6.45, 7) is 25.8. The highest BCUT2D eigenvalue weighted by Gasteiger charge is 2.72. The maximum Gasteiger partial charge on any atom is 0.0616 e. The maximum absolute atomic E-state index is 8.19. The van der Waals surface area contributed by atoms with Crippen molar-refractivity contribution in [3.8, 4) is 0 Å². The van der Waals surface area contributed by atoms with Crippen molar-refractivity contribution in [2.75, 3.05) is 26.2 Å². The quantitative estimate of drug-likeness (QED) is 0.173. The highest BCUT2D eigenvalue weighted by Crippen LogP contribution is 2.71. The molecule has 2 saturated heterocycles. The average Bonchev–Trinajstić information content (AvgIpc) is 2.48. The topological polar surface area (TPSA) is 43.4 Å². The van der Waals surface area contributed by atoms with E-state index >= 15 is 0 Å². The molecule has 0 amide bonds. The van der Waals surface area contributed by atoms with Crippen molar-refractivity contribution in [3.63, 3.8) is 0 Å². The molecule has 6 heteroatoms. The van der Waals surface area contributed by atoms with Crippen molar-refractivity contribution in [1.29, 1.82) is 0 Å². The predicted octanol–water partition coefficient (Wildman–Crippen LogP) is 16.7. The first-order valence-corrected chi connectivity index (χ1v) is 36.1. The third kappa shape index (κ3) is 11.3. The van der Waals surface area contributed by atoms with E-state index in [1.54, 1.807) is 0 Å². The van der Waals surface area contributed by atoms with Crippen LogP contribution in [0.3, 0.4) is 0 Å². The van der Waals surface area contributed by atoms with Crippen molar-refractivity contribution in [2.45, 2.75) is 309 Å². The maximum atomic E-state index is 8.19. The minimum absolute atomic E-state index is 0.353. The monoisotopic (exact) mass is 1080 g/mol. The van der Waals surface area contributed by atoms with Crippen molar-refractivity contribution in [1.82, 2.24) is 9.80 Å². The molecule has 0 bridgehead atoms. The van der Waals surface area contributed by atoms with Gasteiger partial charge in [0.25, 0.3) is 0 Å². The average molecular weight is 1080 g/mol. The molecule has 2 aliphatic heterocycles. The lowest BCUT2D eigenvalue weighted by atomic mass is 9.36. The molecule has 78 heavy (non-hydrogen) atoms. The fraction of sp³-hybridized carbons (Fsp3) is 1.00. The molecule has 18 atom stereocenters. The van der Waals surface area contributed by atoms with E-state index in [1.807, 2.05) is 0 Å². The van der Waals surface area contributed by atoms with Crippen LogP contribution < -0.4 is 0 Å². The molecule has 0 aromatic carbocycles. The number of likely N-dealkylation sites (tertiary alicyclic amines) is 2. The fourth-order valence-corrected chi connectivity index (χ4v) is 24.1. The van der Waals surface area contributed by atoms with Crippen molar-refractivity contribution < 1.29 is 18.9 Å². The van der Waals surface area contributed by atoms with E-state index in [9.17, 15) is 0 Å². The van der Waals surface area contributed by atoms with Gasteiger partial charge >= 0.3 is 0 Å². The lowest BCUT2D eigenvalue weighted by Crippen LogP contribution is -2.75. The lowest BCUT2D eigenvalue weighted by Gasteiger charge is -2.73. The second kappa shape index (κ2) is 24.6. The van der Waals surface area contributed by atoms with Gasteiger partial charge in [-0.1, -0.05) is 132 Å². The van der Waals surface area contributed by atoms with Crippen molar-refractivity contribution in [2.24, 2.45) is 118 Å². The van der Waals surface area contributed by atoms with Crippen LogP contribution in [0.2, 0.25) is 0 Å². The Balaban J connectivity index is 0.940. The molecule has 0 aromatic heterocycles. The zero-order chi connectivity index (χ0) is 53.3. The second-order valence-corrected chi connectivity index (χ2v) is 32.8. The Morgan fingerprint density at radius 3 is 0.782 bits per heavy atom. The Morgan fingerprint density at radius 1 is 0.269 bits per heavy atom.